The fourth-order valence-electron chi connectivity index (χ4n) is 1.98. The van der Waals surface area contributed by atoms with Crippen molar-refractivity contribution in [2.45, 2.75) is 27.2 Å². The van der Waals surface area contributed by atoms with Gasteiger partial charge in [0.25, 0.3) is 5.91 Å². The highest BCUT2D eigenvalue weighted by Gasteiger charge is 2.11. The Morgan fingerprint density at radius 3 is 2.42 bits per heavy atom. The summed E-state index contributed by atoms with van der Waals surface area (Å²) in [7, 11) is 0. The number of carbonyl (C=O) groups is 1. The van der Waals surface area contributed by atoms with Crippen molar-refractivity contribution >= 4 is 16.7 Å². The lowest BCUT2D eigenvalue weighted by molar-refractivity contribution is 0.0949. The van der Waals surface area contributed by atoms with Crippen LogP contribution in [0, 0.1) is 5.41 Å². The maximum Gasteiger partial charge on any atom is 0.251 e. The van der Waals surface area contributed by atoms with Gasteiger partial charge in [-0.05, 0) is 34.7 Å². The van der Waals surface area contributed by atoms with Gasteiger partial charge in [0.15, 0.2) is 0 Å². The van der Waals surface area contributed by atoms with Crippen LogP contribution < -0.4 is 5.32 Å². The highest BCUT2D eigenvalue weighted by atomic mass is 16.1. The van der Waals surface area contributed by atoms with E-state index >= 15 is 0 Å². The fourth-order valence-corrected chi connectivity index (χ4v) is 1.98. The zero-order valence-electron chi connectivity index (χ0n) is 11.9. The first-order valence-corrected chi connectivity index (χ1v) is 6.73. The number of benzene rings is 2. The SMILES string of the molecule is CC(C)(C)CCNC(=O)c1ccc2ccccc2c1. The van der Waals surface area contributed by atoms with Gasteiger partial charge < -0.3 is 5.32 Å². The summed E-state index contributed by atoms with van der Waals surface area (Å²) in [6.07, 6.45) is 0.978. The summed E-state index contributed by atoms with van der Waals surface area (Å²) in [5.41, 5.74) is 0.976. The van der Waals surface area contributed by atoms with Gasteiger partial charge in [0.1, 0.15) is 0 Å². The lowest BCUT2D eigenvalue weighted by Crippen LogP contribution is -2.27. The quantitative estimate of drug-likeness (QED) is 0.882. The summed E-state index contributed by atoms with van der Waals surface area (Å²) in [4.78, 5) is 12.1. The molecule has 0 saturated heterocycles. The van der Waals surface area contributed by atoms with Gasteiger partial charge in [-0.25, -0.2) is 0 Å². The molecule has 0 radical (unpaired) electrons. The predicted octanol–water partition coefficient (Wildman–Crippen LogP) is 4.01. The Bertz CT molecular complexity index is 581. The van der Waals surface area contributed by atoms with E-state index in [0.717, 1.165) is 29.3 Å². The lowest BCUT2D eigenvalue weighted by atomic mass is 9.92. The first kappa shape index (κ1) is 13.6. The molecule has 0 heterocycles. The number of rotatable bonds is 3. The second-order valence-electron chi connectivity index (χ2n) is 6.13. The van der Waals surface area contributed by atoms with E-state index in [1.165, 1.54) is 0 Å². The monoisotopic (exact) mass is 255 g/mol. The Hall–Kier alpha value is -1.83. The Morgan fingerprint density at radius 2 is 1.74 bits per heavy atom. The van der Waals surface area contributed by atoms with E-state index in [1.807, 2.05) is 36.4 Å². The molecular weight excluding hydrogens is 234 g/mol. The van der Waals surface area contributed by atoms with Crippen LogP contribution in [0.2, 0.25) is 0 Å². The lowest BCUT2D eigenvalue weighted by Gasteiger charge is -2.18. The molecule has 0 fully saturated rings. The number of fused-ring (bicyclic) bond motifs is 1. The van der Waals surface area contributed by atoms with Crippen LogP contribution in [-0.4, -0.2) is 12.5 Å². The van der Waals surface area contributed by atoms with Crippen molar-refractivity contribution in [1.82, 2.24) is 5.32 Å². The van der Waals surface area contributed by atoms with Crippen molar-refractivity contribution < 1.29 is 4.79 Å². The molecule has 0 saturated carbocycles. The van der Waals surface area contributed by atoms with Crippen LogP contribution in [0.15, 0.2) is 42.5 Å². The van der Waals surface area contributed by atoms with Gasteiger partial charge in [0.05, 0.1) is 0 Å². The maximum absolute atomic E-state index is 12.1. The molecular formula is C17H21NO. The average Bonchev–Trinajstić information content (AvgIpc) is 2.36. The Morgan fingerprint density at radius 1 is 1.05 bits per heavy atom. The van der Waals surface area contributed by atoms with E-state index in [2.05, 4.69) is 32.2 Å². The molecule has 1 amide bonds. The van der Waals surface area contributed by atoms with Crippen LogP contribution in [0.4, 0.5) is 0 Å². The smallest absolute Gasteiger partial charge is 0.251 e. The minimum Gasteiger partial charge on any atom is -0.352 e. The predicted molar refractivity (Wildman–Crippen MR) is 80.4 cm³/mol. The van der Waals surface area contributed by atoms with Gasteiger partial charge in [0.2, 0.25) is 0 Å². The normalized spacial score (nSPS) is 11.5. The molecule has 0 atom stereocenters. The molecule has 0 aromatic heterocycles. The summed E-state index contributed by atoms with van der Waals surface area (Å²) in [6, 6.07) is 13.9. The van der Waals surface area contributed by atoms with E-state index in [-0.39, 0.29) is 11.3 Å². The average molecular weight is 255 g/mol. The topological polar surface area (TPSA) is 29.1 Å². The molecule has 0 aliphatic rings. The van der Waals surface area contributed by atoms with Gasteiger partial charge in [-0.15, -0.1) is 0 Å². The molecule has 0 aliphatic heterocycles. The standard InChI is InChI=1S/C17H21NO/c1-17(2,3)10-11-18-16(19)15-9-8-13-6-4-5-7-14(13)12-15/h4-9,12H,10-11H2,1-3H3,(H,18,19). The highest BCUT2D eigenvalue weighted by molar-refractivity contribution is 5.98. The van der Waals surface area contributed by atoms with Gasteiger partial charge >= 0.3 is 0 Å². The fraction of sp³-hybridized carbons (Fsp3) is 0.353. The van der Waals surface area contributed by atoms with Crippen molar-refractivity contribution in [1.29, 1.82) is 0 Å². The van der Waals surface area contributed by atoms with Crippen LogP contribution in [0.5, 0.6) is 0 Å². The third-order valence-corrected chi connectivity index (χ3v) is 3.17. The van der Waals surface area contributed by atoms with Crippen molar-refractivity contribution in [3.8, 4) is 0 Å². The van der Waals surface area contributed by atoms with Crippen LogP contribution in [0.3, 0.4) is 0 Å². The molecule has 19 heavy (non-hydrogen) atoms. The number of amides is 1. The number of carbonyl (C=O) groups excluding carboxylic acids is 1. The van der Waals surface area contributed by atoms with Gasteiger partial charge in [-0.1, -0.05) is 51.1 Å². The van der Waals surface area contributed by atoms with E-state index in [4.69, 9.17) is 0 Å². The van der Waals surface area contributed by atoms with Crippen LogP contribution >= 0.6 is 0 Å². The Kier molecular flexibility index (Phi) is 3.89. The Balaban J connectivity index is 2.05. The molecule has 0 aliphatic carbocycles. The third kappa shape index (κ3) is 3.82. The molecule has 2 heteroatoms. The minimum atomic E-state index is 0.00926. The van der Waals surface area contributed by atoms with Crippen molar-refractivity contribution in [2.24, 2.45) is 5.41 Å². The number of nitrogens with one attached hydrogen (secondary N) is 1. The molecule has 2 aromatic carbocycles. The molecule has 1 N–H and O–H groups in total. The molecule has 2 rings (SSSR count). The maximum atomic E-state index is 12.1. The Labute approximate surface area is 114 Å². The largest absolute Gasteiger partial charge is 0.352 e. The third-order valence-electron chi connectivity index (χ3n) is 3.17. The minimum absolute atomic E-state index is 0.00926. The number of hydrogen-bond acceptors (Lipinski definition) is 1. The van der Waals surface area contributed by atoms with Crippen molar-refractivity contribution in [3.05, 3.63) is 48.0 Å². The van der Waals surface area contributed by atoms with Crippen molar-refractivity contribution in [2.75, 3.05) is 6.54 Å². The number of hydrogen-bond donors (Lipinski definition) is 1. The summed E-state index contributed by atoms with van der Waals surface area (Å²) in [6.45, 7) is 7.24. The van der Waals surface area contributed by atoms with Gasteiger partial charge in [-0.3, -0.25) is 4.79 Å². The molecule has 0 spiro atoms. The first-order chi connectivity index (χ1) is 8.96. The first-order valence-electron chi connectivity index (χ1n) is 6.73. The van der Waals surface area contributed by atoms with Crippen LogP contribution in [-0.2, 0) is 0 Å². The second kappa shape index (κ2) is 5.43. The molecule has 0 bridgehead atoms. The highest BCUT2D eigenvalue weighted by Crippen LogP contribution is 2.18. The van der Waals surface area contributed by atoms with Crippen LogP contribution in [0.1, 0.15) is 37.6 Å². The summed E-state index contributed by atoms with van der Waals surface area (Å²) in [5, 5.41) is 5.24. The van der Waals surface area contributed by atoms with Crippen LogP contribution in [0.25, 0.3) is 10.8 Å². The second-order valence-corrected chi connectivity index (χ2v) is 6.13. The summed E-state index contributed by atoms with van der Waals surface area (Å²) >= 11 is 0. The zero-order chi connectivity index (χ0) is 13.9. The van der Waals surface area contributed by atoms with E-state index in [9.17, 15) is 4.79 Å². The van der Waals surface area contributed by atoms with E-state index in [1.54, 1.807) is 0 Å². The zero-order valence-corrected chi connectivity index (χ0v) is 11.9. The summed E-state index contributed by atoms with van der Waals surface area (Å²) < 4.78 is 0. The molecule has 0 unspecified atom stereocenters. The van der Waals surface area contributed by atoms with Gasteiger partial charge in [0, 0.05) is 12.1 Å². The van der Waals surface area contributed by atoms with E-state index in [0.29, 0.717) is 0 Å². The van der Waals surface area contributed by atoms with E-state index < -0.39 is 0 Å². The van der Waals surface area contributed by atoms with Gasteiger partial charge in [-0.2, -0.15) is 0 Å². The molecule has 100 valence electrons. The van der Waals surface area contributed by atoms with Crippen molar-refractivity contribution in [3.63, 3.8) is 0 Å². The molecule has 2 aromatic rings. The summed E-state index contributed by atoms with van der Waals surface area (Å²) in [5.74, 6) is 0.00926. The molecule has 2 nitrogen and oxygen atoms in total.